The molecule has 2 rings (SSSR count). The van der Waals surface area contributed by atoms with Crippen molar-refractivity contribution in [2.45, 2.75) is 46.2 Å². The molecule has 0 spiro atoms. The van der Waals surface area contributed by atoms with E-state index in [0.717, 1.165) is 31.5 Å². The van der Waals surface area contributed by atoms with Crippen LogP contribution >= 0.6 is 0 Å². The first kappa shape index (κ1) is 16.9. The molecule has 0 saturated carbocycles. The zero-order chi connectivity index (χ0) is 16.3. The Bertz CT molecular complexity index is 540. The smallest absolute Gasteiger partial charge is 0.225 e. The second kappa shape index (κ2) is 6.73. The number of halogens is 2. The Kier molecular flexibility index (Phi) is 5.16. The van der Waals surface area contributed by atoms with Crippen LogP contribution in [0.4, 0.5) is 8.78 Å². The van der Waals surface area contributed by atoms with E-state index in [1.165, 1.54) is 6.07 Å². The van der Waals surface area contributed by atoms with Crippen molar-refractivity contribution in [3.63, 3.8) is 0 Å². The van der Waals surface area contributed by atoms with Gasteiger partial charge >= 0.3 is 0 Å². The SMILES string of the molecule is CC(C)(C)C(=O)NC1CCCN(Cc2cc(F)ccc2F)C1. The molecule has 0 radical (unpaired) electrons. The van der Waals surface area contributed by atoms with Crippen molar-refractivity contribution < 1.29 is 13.6 Å². The van der Waals surface area contributed by atoms with Crippen molar-refractivity contribution in [2.75, 3.05) is 13.1 Å². The summed E-state index contributed by atoms with van der Waals surface area (Å²) in [5.74, 6) is -0.787. The number of carbonyl (C=O) groups is 1. The number of likely N-dealkylation sites (tertiary alicyclic amines) is 1. The molecule has 0 bridgehead atoms. The number of carbonyl (C=O) groups excluding carboxylic acids is 1. The Hall–Kier alpha value is -1.49. The fraction of sp³-hybridized carbons (Fsp3) is 0.588. The summed E-state index contributed by atoms with van der Waals surface area (Å²) in [5, 5.41) is 3.05. The summed E-state index contributed by atoms with van der Waals surface area (Å²) in [6.45, 7) is 7.50. The van der Waals surface area contributed by atoms with Crippen LogP contribution in [0.1, 0.15) is 39.2 Å². The first-order chi connectivity index (χ1) is 10.3. The van der Waals surface area contributed by atoms with Crippen LogP contribution in [0.15, 0.2) is 18.2 Å². The third-order valence-electron chi connectivity index (χ3n) is 3.92. The van der Waals surface area contributed by atoms with Crippen molar-refractivity contribution >= 4 is 5.91 Å². The van der Waals surface area contributed by atoms with Crippen LogP contribution in [0, 0.1) is 17.0 Å². The van der Waals surface area contributed by atoms with E-state index in [0.29, 0.717) is 18.7 Å². The summed E-state index contributed by atoms with van der Waals surface area (Å²) in [5.41, 5.74) is -0.0560. The molecule has 1 fully saturated rings. The first-order valence-corrected chi connectivity index (χ1v) is 7.73. The zero-order valence-electron chi connectivity index (χ0n) is 13.5. The Balaban J connectivity index is 1.96. The van der Waals surface area contributed by atoms with E-state index in [1.807, 2.05) is 20.8 Å². The van der Waals surface area contributed by atoms with Gasteiger partial charge in [0.05, 0.1) is 0 Å². The van der Waals surface area contributed by atoms with Crippen LogP contribution in [0.2, 0.25) is 0 Å². The lowest BCUT2D eigenvalue weighted by Crippen LogP contribution is -2.50. The van der Waals surface area contributed by atoms with E-state index >= 15 is 0 Å². The molecule has 0 aromatic heterocycles. The lowest BCUT2D eigenvalue weighted by Gasteiger charge is -2.34. The second-order valence-corrected chi connectivity index (χ2v) is 7.03. The fourth-order valence-electron chi connectivity index (χ4n) is 2.62. The standard InChI is InChI=1S/C17H24F2N2O/c1-17(2,3)16(22)20-14-5-4-8-21(11-14)10-12-9-13(18)6-7-15(12)19/h6-7,9,14H,4-5,8,10-11H2,1-3H3,(H,20,22). The van der Waals surface area contributed by atoms with E-state index in [2.05, 4.69) is 10.2 Å². The minimum Gasteiger partial charge on any atom is -0.352 e. The molecule has 1 heterocycles. The predicted octanol–water partition coefficient (Wildman–Crippen LogP) is 3.09. The van der Waals surface area contributed by atoms with E-state index in [9.17, 15) is 13.6 Å². The fourth-order valence-corrected chi connectivity index (χ4v) is 2.62. The van der Waals surface area contributed by atoms with Crippen LogP contribution in [0.3, 0.4) is 0 Å². The van der Waals surface area contributed by atoms with Crippen LogP contribution in [0.25, 0.3) is 0 Å². The predicted molar refractivity (Wildman–Crippen MR) is 82.3 cm³/mol. The molecule has 1 amide bonds. The normalized spacial score (nSPS) is 20.0. The molecular formula is C17H24F2N2O. The molecule has 22 heavy (non-hydrogen) atoms. The first-order valence-electron chi connectivity index (χ1n) is 7.73. The summed E-state index contributed by atoms with van der Waals surface area (Å²) < 4.78 is 27.0. The van der Waals surface area contributed by atoms with Gasteiger partial charge in [-0.2, -0.15) is 0 Å². The maximum atomic E-state index is 13.7. The average Bonchev–Trinajstić information content (AvgIpc) is 2.42. The number of nitrogens with one attached hydrogen (secondary N) is 1. The van der Waals surface area contributed by atoms with Gasteiger partial charge in [0, 0.05) is 30.1 Å². The van der Waals surface area contributed by atoms with E-state index in [-0.39, 0.29) is 17.8 Å². The van der Waals surface area contributed by atoms with Gasteiger partial charge in [-0.15, -0.1) is 0 Å². The van der Waals surface area contributed by atoms with Gasteiger partial charge in [-0.1, -0.05) is 20.8 Å². The largest absolute Gasteiger partial charge is 0.352 e. The van der Waals surface area contributed by atoms with Crippen LogP contribution in [-0.4, -0.2) is 29.9 Å². The highest BCUT2D eigenvalue weighted by atomic mass is 19.1. The van der Waals surface area contributed by atoms with E-state index < -0.39 is 11.2 Å². The molecule has 1 N–H and O–H groups in total. The van der Waals surface area contributed by atoms with Crippen LogP contribution in [-0.2, 0) is 11.3 Å². The highest BCUT2D eigenvalue weighted by Gasteiger charge is 2.27. The Morgan fingerprint density at radius 3 is 2.77 bits per heavy atom. The molecule has 1 aromatic rings. The molecule has 1 aliphatic rings. The zero-order valence-corrected chi connectivity index (χ0v) is 13.5. The molecule has 0 aliphatic carbocycles. The number of amides is 1. The summed E-state index contributed by atoms with van der Waals surface area (Å²) in [6, 6.07) is 3.60. The quantitative estimate of drug-likeness (QED) is 0.930. The van der Waals surface area contributed by atoms with E-state index in [1.54, 1.807) is 0 Å². The summed E-state index contributed by atoms with van der Waals surface area (Å²) in [4.78, 5) is 14.1. The van der Waals surface area contributed by atoms with Crippen molar-refractivity contribution in [3.05, 3.63) is 35.4 Å². The third-order valence-corrected chi connectivity index (χ3v) is 3.92. The number of rotatable bonds is 3. The van der Waals surface area contributed by atoms with Crippen molar-refractivity contribution in [3.8, 4) is 0 Å². The summed E-state index contributed by atoms with van der Waals surface area (Å²) >= 11 is 0. The lowest BCUT2D eigenvalue weighted by molar-refractivity contribution is -0.129. The molecule has 5 heteroatoms. The van der Waals surface area contributed by atoms with Gasteiger partial charge in [0.15, 0.2) is 0 Å². The molecular weight excluding hydrogens is 286 g/mol. The molecule has 1 unspecified atom stereocenters. The molecule has 1 aliphatic heterocycles. The number of nitrogens with zero attached hydrogens (tertiary/aromatic N) is 1. The number of hydrogen-bond acceptors (Lipinski definition) is 2. The molecule has 1 saturated heterocycles. The maximum Gasteiger partial charge on any atom is 0.225 e. The Morgan fingerprint density at radius 2 is 2.09 bits per heavy atom. The lowest BCUT2D eigenvalue weighted by atomic mass is 9.94. The Morgan fingerprint density at radius 1 is 1.36 bits per heavy atom. The summed E-state index contributed by atoms with van der Waals surface area (Å²) in [7, 11) is 0. The van der Waals surface area contributed by atoms with Crippen LogP contribution in [0.5, 0.6) is 0 Å². The number of hydrogen-bond donors (Lipinski definition) is 1. The van der Waals surface area contributed by atoms with Crippen molar-refractivity contribution in [1.29, 1.82) is 0 Å². The Labute approximate surface area is 130 Å². The number of benzene rings is 1. The molecule has 3 nitrogen and oxygen atoms in total. The van der Waals surface area contributed by atoms with Gasteiger partial charge in [0.1, 0.15) is 11.6 Å². The van der Waals surface area contributed by atoms with Crippen molar-refractivity contribution in [1.82, 2.24) is 10.2 Å². The van der Waals surface area contributed by atoms with Crippen molar-refractivity contribution in [2.24, 2.45) is 5.41 Å². The molecule has 122 valence electrons. The monoisotopic (exact) mass is 310 g/mol. The van der Waals surface area contributed by atoms with Crippen LogP contribution < -0.4 is 5.32 Å². The average molecular weight is 310 g/mol. The van der Waals surface area contributed by atoms with Gasteiger partial charge in [0.2, 0.25) is 5.91 Å². The molecule has 1 atom stereocenters. The maximum absolute atomic E-state index is 13.7. The van der Waals surface area contributed by atoms with Gasteiger partial charge in [0.25, 0.3) is 0 Å². The minimum atomic E-state index is -0.425. The highest BCUT2D eigenvalue weighted by molar-refractivity contribution is 5.81. The van der Waals surface area contributed by atoms with Gasteiger partial charge in [-0.25, -0.2) is 8.78 Å². The van der Waals surface area contributed by atoms with Gasteiger partial charge in [-0.3, -0.25) is 9.69 Å². The highest BCUT2D eigenvalue weighted by Crippen LogP contribution is 2.19. The second-order valence-electron chi connectivity index (χ2n) is 7.03. The molecule has 1 aromatic carbocycles. The third kappa shape index (κ3) is 4.50. The topological polar surface area (TPSA) is 32.3 Å². The van der Waals surface area contributed by atoms with Gasteiger partial charge < -0.3 is 5.32 Å². The van der Waals surface area contributed by atoms with Gasteiger partial charge in [-0.05, 0) is 37.6 Å². The summed E-state index contributed by atoms with van der Waals surface area (Å²) in [6.07, 6.45) is 1.86. The number of piperidine rings is 1. The minimum absolute atomic E-state index is 0.0243. The van der Waals surface area contributed by atoms with E-state index in [4.69, 9.17) is 0 Å².